The van der Waals surface area contributed by atoms with Crippen LogP contribution in [0.15, 0.2) is 29.6 Å². The molecule has 2 heterocycles. The first-order chi connectivity index (χ1) is 12.5. The van der Waals surface area contributed by atoms with Crippen molar-refractivity contribution >= 4 is 27.1 Å². The number of amides is 1. The maximum Gasteiger partial charge on any atom is 0.253 e. The predicted molar refractivity (Wildman–Crippen MR) is 104 cm³/mol. The molecule has 7 heteroatoms. The number of hydrogen-bond acceptors (Lipinski definition) is 5. The van der Waals surface area contributed by atoms with Crippen LogP contribution < -0.4 is 0 Å². The standard InChI is InChI=1S/C19H24N2O3S2/c1-2-18-20-17(12-25-18)14-26(23,24)13-15-7-6-8-16(11-15)19(22)21-9-4-3-5-10-21/h6-8,11-12H,2-5,9-10,13-14H2,1H3. The van der Waals surface area contributed by atoms with Gasteiger partial charge in [-0.25, -0.2) is 13.4 Å². The minimum atomic E-state index is -3.33. The van der Waals surface area contributed by atoms with Gasteiger partial charge >= 0.3 is 0 Å². The number of carbonyl (C=O) groups is 1. The average Bonchev–Trinajstić information content (AvgIpc) is 3.08. The molecule has 0 bridgehead atoms. The Morgan fingerprint density at radius 3 is 2.65 bits per heavy atom. The van der Waals surface area contributed by atoms with Crippen molar-refractivity contribution in [3.63, 3.8) is 0 Å². The zero-order chi connectivity index (χ0) is 18.6. The summed E-state index contributed by atoms with van der Waals surface area (Å²) in [7, 11) is -3.33. The van der Waals surface area contributed by atoms with Gasteiger partial charge in [0.2, 0.25) is 0 Å². The molecule has 1 saturated heterocycles. The Morgan fingerprint density at radius 1 is 1.19 bits per heavy atom. The summed E-state index contributed by atoms with van der Waals surface area (Å²) in [6, 6.07) is 7.01. The van der Waals surface area contributed by atoms with E-state index in [0.29, 0.717) is 16.8 Å². The van der Waals surface area contributed by atoms with E-state index in [1.165, 1.54) is 17.8 Å². The van der Waals surface area contributed by atoms with Crippen molar-refractivity contribution in [1.29, 1.82) is 0 Å². The van der Waals surface area contributed by atoms with Crippen LogP contribution in [0.1, 0.15) is 52.8 Å². The average molecular weight is 393 g/mol. The quantitative estimate of drug-likeness (QED) is 0.755. The Kier molecular flexibility index (Phi) is 6.09. The van der Waals surface area contributed by atoms with E-state index in [-0.39, 0.29) is 17.4 Å². The number of aryl methyl sites for hydroxylation is 1. The number of carbonyl (C=O) groups excluding carboxylic acids is 1. The minimum Gasteiger partial charge on any atom is -0.339 e. The number of aromatic nitrogens is 1. The molecule has 0 atom stereocenters. The molecule has 0 aliphatic carbocycles. The summed E-state index contributed by atoms with van der Waals surface area (Å²) >= 11 is 1.49. The van der Waals surface area contributed by atoms with Gasteiger partial charge in [0.25, 0.3) is 5.91 Å². The van der Waals surface area contributed by atoms with Crippen molar-refractivity contribution in [1.82, 2.24) is 9.88 Å². The van der Waals surface area contributed by atoms with E-state index in [1.54, 1.807) is 24.3 Å². The third-order valence-corrected chi connectivity index (χ3v) is 7.02. The first-order valence-electron chi connectivity index (χ1n) is 8.99. The smallest absolute Gasteiger partial charge is 0.253 e. The Hall–Kier alpha value is -1.73. The Morgan fingerprint density at radius 2 is 1.96 bits per heavy atom. The van der Waals surface area contributed by atoms with Crippen LogP contribution in [0.2, 0.25) is 0 Å². The number of benzene rings is 1. The van der Waals surface area contributed by atoms with E-state index in [4.69, 9.17) is 0 Å². The van der Waals surface area contributed by atoms with Crippen molar-refractivity contribution in [2.24, 2.45) is 0 Å². The van der Waals surface area contributed by atoms with E-state index < -0.39 is 9.84 Å². The predicted octanol–water partition coefficient (Wildman–Crippen LogP) is 3.45. The van der Waals surface area contributed by atoms with E-state index >= 15 is 0 Å². The zero-order valence-corrected chi connectivity index (χ0v) is 16.6. The van der Waals surface area contributed by atoms with Gasteiger partial charge in [0, 0.05) is 24.0 Å². The highest BCUT2D eigenvalue weighted by Gasteiger charge is 2.20. The fraction of sp³-hybridized carbons (Fsp3) is 0.474. The molecule has 1 fully saturated rings. The Balaban J connectivity index is 1.70. The second-order valence-electron chi connectivity index (χ2n) is 6.67. The van der Waals surface area contributed by atoms with Crippen LogP contribution in [0.25, 0.3) is 0 Å². The number of rotatable bonds is 6. The maximum absolute atomic E-state index is 12.6. The second-order valence-corrected chi connectivity index (χ2v) is 9.68. The van der Waals surface area contributed by atoms with Crippen LogP contribution in [-0.4, -0.2) is 37.3 Å². The number of hydrogen-bond donors (Lipinski definition) is 0. The van der Waals surface area contributed by atoms with Crippen LogP contribution in [0.4, 0.5) is 0 Å². The third kappa shape index (κ3) is 4.92. The molecule has 1 aromatic heterocycles. The van der Waals surface area contributed by atoms with Gasteiger partial charge in [0.15, 0.2) is 9.84 Å². The van der Waals surface area contributed by atoms with Crippen LogP contribution >= 0.6 is 11.3 Å². The molecule has 0 radical (unpaired) electrons. The summed E-state index contributed by atoms with van der Waals surface area (Å²) in [5, 5.41) is 2.76. The molecule has 1 aliphatic heterocycles. The molecule has 1 aliphatic rings. The van der Waals surface area contributed by atoms with E-state index in [2.05, 4.69) is 4.98 Å². The number of nitrogens with zero attached hydrogens (tertiary/aromatic N) is 2. The Labute approximate surface area is 159 Å². The molecule has 26 heavy (non-hydrogen) atoms. The topological polar surface area (TPSA) is 67.3 Å². The monoisotopic (exact) mass is 392 g/mol. The highest BCUT2D eigenvalue weighted by Crippen LogP contribution is 2.18. The van der Waals surface area contributed by atoms with Crippen LogP contribution in [0.3, 0.4) is 0 Å². The van der Waals surface area contributed by atoms with Gasteiger partial charge in [-0.1, -0.05) is 19.1 Å². The molecule has 0 N–H and O–H groups in total. The van der Waals surface area contributed by atoms with Crippen molar-refractivity contribution in [2.45, 2.75) is 44.1 Å². The van der Waals surface area contributed by atoms with Crippen molar-refractivity contribution in [3.05, 3.63) is 51.5 Å². The largest absolute Gasteiger partial charge is 0.339 e. The lowest BCUT2D eigenvalue weighted by molar-refractivity contribution is 0.0724. The van der Waals surface area contributed by atoms with Gasteiger partial charge in [-0.05, 0) is 43.4 Å². The Bertz CT molecular complexity index is 868. The molecule has 0 saturated carbocycles. The number of piperidine rings is 1. The van der Waals surface area contributed by atoms with Gasteiger partial charge < -0.3 is 4.90 Å². The molecule has 1 amide bonds. The summed E-state index contributed by atoms with van der Waals surface area (Å²) in [4.78, 5) is 18.8. The number of thiazole rings is 1. The summed E-state index contributed by atoms with van der Waals surface area (Å²) in [5.41, 5.74) is 1.83. The third-order valence-electron chi connectivity index (χ3n) is 4.47. The van der Waals surface area contributed by atoms with E-state index in [1.807, 2.05) is 17.2 Å². The van der Waals surface area contributed by atoms with Gasteiger partial charge in [0.05, 0.1) is 22.2 Å². The summed E-state index contributed by atoms with van der Waals surface area (Å²) in [6.07, 6.45) is 4.05. The molecule has 5 nitrogen and oxygen atoms in total. The van der Waals surface area contributed by atoms with Gasteiger partial charge in [-0.3, -0.25) is 4.79 Å². The molecule has 0 spiro atoms. The molecular formula is C19H24N2O3S2. The SMILES string of the molecule is CCc1nc(CS(=O)(=O)Cc2cccc(C(=O)N3CCCCC3)c2)cs1. The summed E-state index contributed by atoms with van der Waals surface area (Å²) in [5.74, 6) is -0.142. The fourth-order valence-corrected chi connectivity index (χ4v) is 5.42. The maximum atomic E-state index is 12.6. The van der Waals surface area contributed by atoms with Crippen molar-refractivity contribution in [2.75, 3.05) is 13.1 Å². The number of likely N-dealkylation sites (tertiary alicyclic amines) is 1. The van der Waals surface area contributed by atoms with Crippen molar-refractivity contribution in [3.8, 4) is 0 Å². The molecule has 3 rings (SSSR count). The molecular weight excluding hydrogens is 368 g/mol. The lowest BCUT2D eigenvalue weighted by Gasteiger charge is -2.26. The first-order valence-corrected chi connectivity index (χ1v) is 11.7. The lowest BCUT2D eigenvalue weighted by atomic mass is 10.1. The summed E-state index contributed by atoms with van der Waals surface area (Å²) < 4.78 is 25.0. The number of sulfone groups is 1. The molecule has 0 unspecified atom stereocenters. The second kappa shape index (κ2) is 8.31. The van der Waals surface area contributed by atoms with Gasteiger partial charge in [-0.15, -0.1) is 11.3 Å². The highest BCUT2D eigenvalue weighted by molar-refractivity contribution is 7.89. The molecule has 1 aromatic carbocycles. The normalized spacial score (nSPS) is 15.2. The van der Waals surface area contributed by atoms with Gasteiger partial charge in [-0.2, -0.15) is 0 Å². The van der Waals surface area contributed by atoms with Crippen LogP contribution in [0, 0.1) is 0 Å². The fourth-order valence-electron chi connectivity index (χ4n) is 3.18. The van der Waals surface area contributed by atoms with Gasteiger partial charge in [0.1, 0.15) is 0 Å². The van der Waals surface area contributed by atoms with E-state index in [9.17, 15) is 13.2 Å². The van der Waals surface area contributed by atoms with Crippen molar-refractivity contribution < 1.29 is 13.2 Å². The zero-order valence-electron chi connectivity index (χ0n) is 15.0. The lowest BCUT2D eigenvalue weighted by Crippen LogP contribution is -2.35. The van der Waals surface area contributed by atoms with E-state index in [0.717, 1.165) is 37.4 Å². The molecule has 140 valence electrons. The first kappa shape index (κ1) is 19.0. The minimum absolute atomic E-state index is 0.00367. The van der Waals surface area contributed by atoms with Crippen LogP contribution in [-0.2, 0) is 27.8 Å². The highest BCUT2D eigenvalue weighted by atomic mass is 32.2. The molecule has 2 aromatic rings. The van der Waals surface area contributed by atoms with Crippen LogP contribution in [0.5, 0.6) is 0 Å². The summed E-state index contributed by atoms with van der Waals surface area (Å²) in [6.45, 7) is 3.57.